The lowest BCUT2D eigenvalue weighted by Crippen LogP contribution is -2.25. The molecular formula is C18H20F3IN4O2. The number of rotatable bonds is 7. The van der Waals surface area contributed by atoms with Crippen molar-refractivity contribution >= 4 is 41.5 Å². The third-order valence-corrected chi connectivity index (χ3v) is 3.31. The van der Waals surface area contributed by atoms with Crippen molar-refractivity contribution in [2.45, 2.75) is 19.3 Å². The van der Waals surface area contributed by atoms with E-state index in [1.54, 1.807) is 0 Å². The predicted molar refractivity (Wildman–Crippen MR) is 112 cm³/mol. The quantitative estimate of drug-likeness (QED) is 0.303. The largest absolute Gasteiger partial charge is 0.573 e. The molecule has 0 aliphatic heterocycles. The number of carbonyl (C=O) groups excluding carboxylic acids is 1. The molecular weight excluding hydrogens is 488 g/mol. The van der Waals surface area contributed by atoms with Gasteiger partial charge in [0.25, 0.3) is 0 Å². The Balaban J connectivity index is 0.00000392. The maximum absolute atomic E-state index is 12.1. The monoisotopic (exact) mass is 508 g/mol. The zero-order valence-electron chi connectivity index (χ0n) is 14.7. The van der Waals surface area contributed by atoms with Crippen LogP contribution >= 0.6 is 24.0 Å². The molecule has 4 N–H and O–H groups in total. The van der Waals surface area contributed by atoms with Crippen LogP contribution in [0.1, 0.15) is 12.0 Å². The van der Waals surface area contributed by atoms with Crippen LogP contribution in [0.4, 0.5) is 18.9 Å². The Morgan fingerprint density at radius 2 is 1.71 bits per heavy atom. The summed E-state index contributed by atoms with van der Waals surface area (Å²) in [6, 6.07) is 14.5. The molecule has 0 saturated heterocycles. The summed E-state index contributed by atoms with van der Waals surface area (Å²) in [5, 5.41) is 5.49. The molecule has 1 amide bonds. The number of anilines is 1. The SMILES string of the molecule is I.NC(=NCCC(=O)NCc1ccccc1)Nc1ccc(OC(F)(F)F)cc1. The van der Waals surface area contributed by atoms with Gasteiger partial charge in [-0.3, -0.25) is 9.79 Å². The lowest BCUT2D eigenvalue weighted by Gasteiger charge is -2.10. The van der Waals surface area contributed by atoms with E-state index in [2.05, 4.69) is 20.4 Å². The Hall–Kier alpha value is -2.50. The number of halogens is 4. The van der Waals surface area contributed by atoms with Crippen molar-refractivity contribution in [3.8, 4) is 5.75 Å². The zero-order valence-corrected chi connectivity index (χ0v) is 17.0. The van der Waals surface area contributed by atoms with Crippen molar-refractivity contribution in [1.82, 2.24) is 5.32 Å². The fourth-order valence-electron chi connectivity index (χ4n) is 2.09. The Kier molecular flexibility index (Phi) is 9.56. The van der Waals surface area contributed by atoms with E-state index in [9.17, 15) is 18.0 Å². The number of nitrogens with one attached hydrogen (secondary N) is 2. The number of carbonyl (C=O) groups is 1. The molecule has 0 radical (unpaired) electrons. The number of nitrogens with zero attached hydrogens (tertiary/aromatic N) is 1. The highest BCUT2D eigenvalue weighted by Crippen LogP contribution is 2.23. The number of hydrogen-bond acceptors (Lipinski definition) is 3. The van der Waals surface area contributed by atoms with Gasteiger partial charge in [0.2, 0.25) is 5.91 Å². The van der Waals surface area contributed by atoms with E-state index in [4.69, 9.17) is 5.73 Å². The summed E-state index contributed by atoms with van der Waals surface area (Å²) in [6.07, 6.45) is -4.58. The van der Waals surface area contributed by atoms with E-state index in [1.165, 1.54) is 12.1 Å². The molecule has 28 heavy (non-hydrogen) atoms. The summed E-state index contributed by atoms with van der Waals surface area (Å²) in [4.78, 5) is 15.8. The minimum absolute atomic E-state index is 0. The number of nitrogens with two attached hydrogens (primary N) is 1. The van der Waals surface area contributed by atoms with E-state index in [1.807, 2.05) is 30.3 Å². The smallest absolute Gasteiger partial charge is 0.406 e. The van der Waals surface area contributed by atoms with Crippen molar-refractivity contribution in [1.29, 1.82) is 0 Å². The molecule has 0 aliphatic rings. The fourth-order valence-corrected chi connectivity index (χ4v) is 2.09. The molecule has 0 heterocycles. The minimum atomic E-state index is -4.74. The first-order valence-electron chi connectivity index (χ1n) is 8.05. The van der Waals surface area contributed by atoms with Crippen LogP contribution in [-0.2, 0) is 11.3 Å². The van der Waals surface area contributed by atoms with Gasteiger partial charge in [-0.05, 0) is 29.8 Å². The van der Waals surface area contributed by atoms with Gasteiger partial charge < -0.3 is 21.1 Å². The number of alkyl halides is 3. The van der Waals surface area contributed by atoms with E-state index in [0.29, 0.717) is 12.2 Å². The first-order valence-corrected chi connectivity index (χ1v) is 8.05. The molecule has 2 rings (SSSR count). The van der Waals surface area contributed by atoms with E-state index in [-0.39, 0.29) is 54.6 Å². The number of aliphatic imine (C=N–C) groups is 1. The van der Waals surface area contributed by atoms with E-state index >= 15 is 0 Å². The van der Waals surface area contributed by atoms with Gasteiger partial charge >= 0.3 is 6.36 Å². The van der Waals surface area contributed by atoms with Crippen molar-refractivity contribution < 1.29 is 22.7 Å². The average molecular weight is 508 g/mol. The molecule has 0 saturated carbocycles. The number of hydrogen-bond donors (Lipinski definition) is 3. The van der Waals surface area contributed by atoms with Gasteiger partial charge in [0.15, 0.2) is 5.96 Å². The van der Waals surface area contributed by atoms with Crippen LogP contribution in [0.3, 0.4) is 0 Å². The molecule has 152 valence electrons. The van der Waals surface area contributed by atoms with Gasteiger partial charge in [-0.25, -0.2) is 0 Å². The lowest BCUT2D eigenvalue weighted by atomic mass is 10.2. The Morgan fingerprint density at radius 3 is 2.32 bits per heavy atom. The summed E-state index contributed by atoms with van der Waals surface area (Å²) in [7, 11) is 0. The highest BCUT2D eigenvalue weighted by Gasteiger charge is 2.30. The molecule has 0 aromatic heterocycles. The molecule has 0 bridgehead atoms. The summed E-state index contributed by atoms with van der Waals surface area (Å²) in [6.45, 7) is 0.609. The highest BCUT2D eigenvalue weighted by atomic mass is 127. The van der Waals surface area contributed by atoms with E-state index < -0.39 is 6.36 Å². The average Bonchev–Trinajstić information content (AvgIpc) is 2.61. The van der Waals surface area contributed by atoms with Crippen LogP contribution in [-0.4, -0.2) is 24.8 Å². The number of guanidine groups is 1. The predicted octanol–water partition coefficient (Wildman–Crippen LogP) is 3.64. The molecule has 0 unspecified atom stereocenters. The Labute approximate surface area is 177 Å². The molecule has 10 heteroatoms. The van der Waals surface area contributed by atoms with Crippen LogP contribution in [0, 0.1) is 0 Å². The number of ether oxygens (including phenoxy) is 1. The third kappa shape index (κ3) is 9.44. The van der Waals surface area contributed by atoms with Crippen LogP contribution in [0.5, 0.6) is 5.75 Å². The summed E-state index contributed by atoms with van der Waals surface area (Å²) >= 11 is 0. The summed E-state index contributed by atoms with van der Waals surface area (Å²) in [5.74, 6) is -0.446. The summed E-state index contributed by atoms with van der Waals surface area (Å²) < 4.78 is 40.1. The number of benzene rings is 2. The van der Waals surface area contributed by atoms with Crippen molar-refractivity contribution in [2.24, 2.45) is 10.7 Å². The van der Waals surface area contributed by atoms with Crippen LogP contribution < -0.4 is 21.1 Å². The maximum Gasteiger partial charge on any atom is 0.573 e. The second-order valence-corrected chi connectivity index (χ2v) is 5.48. The fraction of sp³-hybridized carbons (Fsp3) is 0.222. The van der Waals surface area contributed by atoms with Crippen LogP contribution in [0.2, 0.25) is 0 Å². The molecule has 2 aromatic carbocycles. The normalized spacial score (nSPS) is 11.3. The van der Waals surface area contributed by atoms with Crippen molar-refractivity contribution in [3.63, 3.8) is 0 Å². The Bertz CT molecular complexity index is 769. The van der Waals surface area contributed by atoms with Gasteiger partial charge in [-0.1, -0.05) is 30.3 Å². The van der Waals surface area contributed by atoms with Crippen molar-refractivity contribution in [3.05, 3.63) is 60.2 Å². The van der Waals surface area contributed by atoms with Gasteiger partial charge in [0.1, 0.15) is 5.75 Å². The molecule has 0 spiro atoms. The van der Waals surface area contributed by atoms with Gasteiger partial charge in [-0.2, -0.15) is 0 Å². The topological polar surface area (TPSA) is 88.7 Å². The van der Waals surface area contributed by atoms with Crippen molar-refractivity contribution in [2.75, 3.05) is 11.9 Å². The zero-order chi connectivity index (χ0) is 19.7. The van der Waals surface area contributed by atoms with Gasteiger partial charge in [0, 0.05) is 18.7 Å². The molecule has 0 atom stereocenters. The molecule has 0 fully saturated rings. The van der Waals surface area contributed by atoms with E-state index in [0.717, 1.165) is 17.7 Å². The standard InChI is InChI=1S/C18H19F3N4O2.HI/c19-18(20,21)27-15-8-6-14(7-9-15)25-17(22)23-11-10-16(26)24-12-13-4-2-1-3-5-13;/h1-9H,10-12H2,(H,24,26)(H3,22,23,25);1H. The first kappa shape index (κ1) is 23.5. The lowest BCUT2D eigenvalue weighted by molar-refractivity contribution is -0.274. The second-order valence-electron chi connectivity index (χ2n) is 5.48. The third-order valence-electron chi connectivity index (χ3n) is 3.31. The van der Waals surface area contributed by atoms with Crippen LogP contribution in [0.25, 0.3) is 0 Å². The molecule has 0 aliphatic carbocycles. The molecule has 6 nitrogen and oxygen atoms in total. The second kappa shape index (κ2) is 11.4. The van der Waals surface area contributed by atoms with Crippen LogP contribution in [0.15, 0.2) is 59.6 Å². The molecule has 2 aromatic rings. The van der Waals surface area contributed by atoms with Gasteiger partial charge in [0.05, 0.1) is 6.54 Å². The first-order chi connectivity index (χ1) is 12.8. The highest BCUT2D eigenvalue weighted by molar-refractivity contribution is 14.0. The van der Waals surface area contributed by atoms with Gasteiger partial charge in [-0.15, -0.1) is 37.1 Å². The number of amides is 1. The minimum Gasteiger partial charge on any atom is -0.406 e. The maximum atomic E-state index is 12.1. The summed E-state index contributed by atoms with van der Waals surface area (Å²) in [5.41, 5.74) is 7.13. The Morgan fingerprint density at radius 1 is 1.07 bits per heavy atom.